The molecule has 1 aliphatic rings. The van der Waals surface area contributed by atoms with Crippen molar-refractivity contribution in [2.75, 3.05) is 26.7 Å². The van der Waals surface area contributed by atoms with E-state index in [0.717, 1.165) is 12.8 Å². The van der Waals surface area contributed by atoms with Crippen LogP contribution in [0.3, 0.4) is 0 Å². The molecule has 0 aromatic rings. The lowest BCUT2D eigenvalue weighted by Gasteiger charge is -2.23. The van der Waals surface area contributed by atoms with Crippen LogP contribution >= 0.6 is 0 Å². The Morgan fingerprint density at radius 2 is 2.19 bits per heavy atom. The van der Waals surface area contributed by atoms with Crippen molar-refractivity contribution in [2.24, 2.45) is 5.73 Å². The summed E-state index contributed by atoms with van der Waals surface area (Å²) in [5.41, 5.74) is 5.77. The standard InChI is InChI=1S/C11H21N3O2/c1-3-5-9(12)11(16)14-7-4-6-13(2)10(15)8-14/h9H,3-8,12H2,1-2H3/t9-/m1/s1. The fourth-order valence-electron chi connectivity index (χ4n) is 1.84. The molecule has 1 rings (SSSR count). The van der Waals surface area contributed by atoms with E-state index in [1.165, 1.54) is 0 Å². The maximum Gasteiger partial charge on any atom is 0.241 e. The van der Waals surface area contributed by atoms with Gasteiger partial charge in [0.1, 0.15) is 0 Å². The van der Waals surface area contributed by atoms with Gasteiger partial charge < -0.3 is 15.5 Å². The van der Waals surface area contributed by atoms with Crippen LogP contribution in [-0.2, 0) is 9.59 Å². The highest BCUT2D eigenvalue weighted by molar-refractivity contribution is 5.87. The molecule has 0 spiro atoms. The molecular formula is C11H21N3O2. The summed E-state index contributed by atoms with van der Waals surface area (Å²) in [5.74, 6) is -0.0972. The first-order valence-electron chi connectivity index (χ1n) is 5.84. The van der Waals surface area contributed by atoms with Gasteiger partial charge in [-0.15, -0.1) is 0 Å². The number of hydrogen-bond donors (Lipinski definition) is 1. The second-order valence-corrected chi connectivity index (χ2v) is 4.32. The van der Waals surface area contributed by atoms with Gasteiger partial charge in [0.25, 0.3) is 0 Å². The minimum atomic E-state index is -0.457. The molecule has 0 aliphatic carbocycles. The Hall–Kier alpha value is -1.10. The highest BCUT2D eigenvalue weighted by atomic mass is 16.2. The van der Waals surface area contributed by atoms with Gasteiger partial charge in [0, 0.05) is 20.1 Å². The predicted octanol–water partition coefficient (Wildman–Crippen LogP) is -0.195. The molecule has 1 fully saturated rings. The zero-order valence-electron chi connectivity index (χ0n) is 10.1. The fourth-order valence-corrected chi connectivity index (χ4v) is 1.84. The van der Waals surface area contributed by atoms with E-state index in [-0.39, 0.29) is 18.4 Å². The first kappa shape index (κ1) is 13.0. The van der Waals surface area contributed by atoms with Crippen LogP contribution in [0.1, 0.15) is 26.2 Å². The van der Waals surface area contributed by atoms with Crippen molar-refractivity contribution < 1.29 is 9.59 Å². The summed E-state index contributed by atoms with van der Waals surface area (Å²) in [4.78, 5) is 26.8. The second kappa shape index (κ2) is 5.84. The Balaban J connectivity index is 2.58. The van der Waals surface area contributed by atoms with Gasteiger partial charge in [-0.1, -0.05) is 13.3 Å². The number of hydrogen-bond acceptors (Lipinski definition) is 3. The van der Waals surface area contributed by atoms with E-state index in [1.54, 1.807) is 16.8 Å². The van der Waals surface area contributed by atoms with Crippen LogP contribution in [0.15, 0.2) is 0 Å². The van der Waals surface area contributed by atoms with Gasteiger partial charge in [-0.2, -0.15) is 0 Å². The minimum absolute atomic E-state index is 0.00505. The molecule has 0 saturated carbocycles. The van der Waals surface area contributed by atoms with Crippen molar-refractivity contribution in [2.45, 2.75) is 32.2 Å². The molecule has 1 atom stereocenters. The average Bonchev–Trinajstić information content (AvgIpc) is 2.41. The van der Waals surface area contributed by atoms with Crippen LogP contribution < -0.4 is 5.73 Å². The average molecular weight is 227 g/mol. The first-order valence-corrected chi connectivity index (χ1v) is 5.84. The summed E-state index contributed by atoms with van der Waals surface area (Å²) >= 11 is 0. The van der Waals surface area contributed by atoms with Crippen molar-refractivity contribution in [1.29, 1.82) is 0 Å². The number of carbonyl (C=O) groups excluding carboxylic acids is 2. The number of amides is 2. The van der Waals surface area contributed by atoms with Gasteiger partial charge in [0.15, 0.2) is 0 Å². The van der Waals surface area contributed by atoms with Crippen molar-refractivity contribution in [3.63, 3.8) is 0 Å². The number of nitrogens with zero attached hydrogens (tertiary/aromatic N) is 2. The van der Waals surface area contributed by atoms with Crippen LogP contribution in [0.5, 0.6) is 0 Å². The molecule has 1 heterocycles. The quantitative estimate of drug-likeness (QED) is 0.726. The summed E-state index contributed by atoms with van der Waals surface area (Å²) in [7, 11) is 1.77. The highest BCUT2D eigenvalue weighted by Gasteiger charge is 2.25. The van der Waals surface area contributed by atoms with Gasteiger partial charge in [-0.25, -0.2) is 0 Å². The van der Waals surface area contributed by atoms with Crippen molar-refractivity contribution in [1.82, 2.24) is 9.80 Å². The zero-order chi connectivity index (χ0) is 12.1. The van der Waals surface area contributed by atoms with Crippen LogP contribution in [-0.4, -0.2) is 54.3 Å². The van der Waals surface area contributed by atoms with E-state index >= 15 is 0 Å². The monoisotopic (exact) mass is 227 g/mol. The largest absolute Gasteiger partial charge is 0.344 e. The Kier molecular flexibility index (Phi) is 4.73. The lowest BCUT2D eigenvalue weighted by atomic mass is 10.1. The third-order valence-electron chi connectivity index (χ3n) is 2.90. The molecule has 5 heteroatoms. The Labute approximate surface area is 96.6 Å². The Morgan fingerprint density at radius 3 is 2.81 bits per heavy atom. The third kappa shape index (κ3) is 3.20. The normalized spacial score (nSPS) is 19.6. The highest BCUT2D eigenvalue weighted by Crippen LogP contribution is 2.06. The maximum absolute atomic E-state index is 11.9. The second-order valence-electron chi connectivity index (χ2n) is 4.32. The molecule has 0 radical (unpaired) electrons. The minimum Gasteiger partial charge on any atom is -0.344 e. The van der Waals surface area contributed by atoms with Gasteiger partial charge in [0.2, 0.25) is 11.8 Å². The van der Waals surface area contributed by atoms with Gasteiger partial charge in [0.05, 0.1) is 12.6 Å². The predicted molar refractivity (Wildman–Crippen MR) is 61.7 cm³/mol. The molecular weight excluding hydrogens is 206 g/mol. The SMILES string of the molecule is CCC[C@@H](N)C(=O)N1CCCN(C)C(=O)C1. The third-order valence-corrected chi connectivity index (χ3v) is 2.90. The topological polar surface area (TPSA) is 66.6 Å². The number of rotatable bonds is 3. The van der Waals surface area contributed by atoms with E-state index in [0.29, 0.717) is 19.5 Å². The Morgan fingerprint density at radius 1 is 1.50 bits per heavy atom. The summed E-state index contributed by atoms with van der Waals surface area (Å²) in [6.07, 6.45) is 2.39. The van der Waals surface area contributed by atoms with E-state index in [9.17, 15) is 9.59 Å². The molecule has 5 nitrogen and oxygen atoms in total. The summed E-state index contributed by atoms with van der Waals surface area (Å²) in [6.45, 7) is 3.51. The lowest BCUT2D eigenvalue weighted by Crippen LogP contribution is -2.46. The molecule has 92 valence electrons. The van der Waals surface area contributed by atoms with E-state index < -0.39 is 6.04 Å². The van der Waals surface area contributed by atoms with Crippen LogP contribution in [0.25, 0.3) is 0 Å². The molecule has 2 amide bonds. The van der Waals surface area contributed by atoms with Gasteiger partial charge >= 0.3 is 0 Å². The van der Waals surface area contributed by atoms with Crippen LogP contribution in [0.4, 0.5) is 0 Å². The van der Waals surface area contributed by atoms with E-state index in [2.05, 4.69) is 0 Å². The molecule has 0 aromatic heterocycles. The van der Waals surface area contributed by atoms with Gasteiger partial charge in [-0.05, 0) is 12.8 Å². The van der Waals surface area contributed by atoms with Crippen molar-refractivity contribution in [3.8, 4) is 0 Å². The van der Waals surface area contributed by atoms with E-state index in [1.807, 2.05) is 6.92 Å². The van der Waals surface area contributed by atoms with Crippen molar-refractivity contribution in [3.05, 3.63) is 0 Å². The molecule has 0 aromatic carbocycles. The lowest BCUT2D eigenvalue weighted by molar-refractivity contribution is -0.139. The number of nitrogens with two attached hydrogens (primary N) is 1. The number of likely N-dealkylation sites (N-methyl/N-ethyl adjacent to an activating group) is 1. The molecule has 1 aliphatic heterocycles. The smallest absolute Gasteiger partial charge is 0.241 e. The molecule has 1 saturated heterocycles. The van der Waals surface area contributed by atoms with Crippen LogP contribution in [0, 0.1) is 0 Å². The summed E-state index contributed by atoms with van der Waals surface area (Å²) in [5, 5.41) is 0. The number of carbonyl (C=O) groups is 2. The molecule has 2 N–H and O–H groups in total. The first-order chi connectivity index (χ1) is 7.56. The molecule has 0 bridgehead atoms. The molecule has 0 unspecified atom stereocenters. The zero-order valence-corrected chi connectivity index (χ0v) is 10.1. The fraction of sp³-hybridized carbons (Fsp3) is 0.818. The molecule has 16 heavy (non-hydrogen) atoms. The summed E-state index contributed by atoms with van der Waals surface area (Å²) in [6, 6.07) is -0.457. The maximum atomic E-state index is 11.9. The van der Waals surface area contributed by atoms with Gasteiger partial charge in [-0.3, -0.25) is 9.59 Å². The van der Waals surface area contributed by atoms with Crippen LogP contribution in [0.2, 0.25) is 0 Å². The van der Waals surface area contributed by atoms with Crippen molar-refractivity contribution >= 4 is 11.8 Å². The Bertz CT molecular complexity index is 268. The van der Waals surface area contributed by atoms with E-state index in [4.69, 9.17) is 5.73 Å². The summed E-state index contributed by atoms with van der Waals surface area (Å²) < 4.78 is 0.